The highest BCUT2D eigenvalue weighted by atomic mass is 16.5. The van der Waals surface area contributed by atoms with E-state index in [1.54, 1.807) is 0 Å². The largest absolute Gasteiger partial charge is 0.481 e. The highest BCUT2D eigenvalue weighted by molar-refractivity contribution is 5.69. The lowest BCUT2D eigenvalue weighted by Crippen LogP contribution is -2.18. The normalized spacial score (nSPS) is 11.2. The molecule has 0 aliphatic rings. The smallest absolute Gasteiger partial charge is 0.306 e. The minimum Gasteiger partial charge on any atom is -0.481 e. The molecule has 0 saturated heterocycles. The van der Waals surface area contributed by atoms with Crippen LogP contribution in [0.25, 0.3) is 0 Å². The van der Waals surface area contributed by atoms with Gasteiger partial charge in [0, 0.05) is 12.8 Å². The van der Waals surface area contributed by atoms with E-state index in [1.165, 1.54) is 77.0 Å². The topological polar surface area (TPSA) is 63.6 Å². The summed E-state index contributed by atoms with van der Waals surface area (Å²) in [5.41, 5.74) is 0. The Balaban J connectivity index is 3.97. The van der Waals surface area contributed by atoms with E-state index < -0.39 is 5.97 Å². The van der Waals surface area contributed by atoms with E-state index in [0.29, 0.717) is 6.42 Å². The first-order chi connectivity index (χ1) is 15.1. The van der Waals surface area contributed by atoms with E-state index in [4.69, 9.17) is 9.84 Å². The molecule has 0 aromatic heterocycles. The first-order valence-corrected chi connectivity index (χ1v) is 13.5. The third-order valence-electron chi connectivity index (χ3n) is 6.08. The van der Waals surface area contributed by atoms with Crippen LogP contribution in [-0.4, -0.2) is 23.1 Å². The maximum Gasteiger partial charge on any atom is 0.306 e. The minimum absolute atomic E-state index is 0.0205. The van der Waals surface area contributed by atoms with Gasteiger partial charge < -0.3 is 9.84 Å². The summed E-state index contributed by atoms with van der Waals surface area (Å²) in [7, 11) is 0. The Morgan fingerprint density at radius 2 is 0.968 bits per heavy atom. The summed E-state index contributed by atoms with van der Waals surface area (Å²) in [6, 6.07) is 0. The van der Waals surface area contributed by atoms with Gasteiger partial charge in [0.15, 0.2) is 0 Å². The van der Waals surface area contributed by atoms with Gasteiger partial charge in [-0.15, -0.1) is 0 Å². The molecule has 0 aliphatic carbocycles. The number of carboxylic acids is 1. The monoisotopic (exact) mass is 440 g/mol. The Hall–Kier alpha value is -1.06. The molecule has 184 valence electrons. The number of hydrogen-bond acceptors (Lipinski definition) is 3. The standard InChI is InChI=1S/C27H52O4/c1-3-5-7-9-13-17-21-25(22-18-14-10-8-6-4-2)31-27(30)24-20-16-12-11-15-19-23-26(28)29/h25H,3-24H2,1-2H3,(H,28,29). The van der Waals surface area contributed by atoms with Crippen molar-refractivity contribution in [1.29, 1.82) is 0 Å². The van der Waals surface area contributed by atoms with Gasteiger partial charge in [-0.3, -0.25) is 9.59 Å². The fourth-order valence-corrected chi connectivity index (χ4v) is 4.06. The summed E-state index contributed by atoms with van der Waals surface area (Å²) in [4.78, 5) is 22.8. The van der Waals surface area contributed by atoms with Crippen LogP contribution in [0, 0.1) is 0 Å². The van der Waals surface area contributed by atoms with Crippen LogP contribution < -0.4 is 0 Å². The molecule has 0 amide bonds. The molecule has 4 heteroatoms. The van der Waals surface area contributed by atoms with E-state index in [-0.39, 0.29) is 18.5 Å². The Morgan fingerprint density at radius 1 is 0.581 bits per heavy atom. The number of unbranched alkanes of at least 4 members (excludes halogenated alkanes) is 15. The van der Waals surface area contributed by atoms with E-state index >= 15 is 0 Å². The van der Waals surface area contributed by atoms with Crippen LogP contribution >= 0.6 is 0 Å². The van der Waals surface area contributed by atoms with Crippen LogP contribution in [0.5, 0.6) is 0 Å². The average Bonchev–Trinajstić information content (AvgIpc) is 2.74. The molecule has 0 unspecified atom stereocenters. The summed E-state index contributed by atoms with van der Waals surface area (Å²) in [5.74, 6) is -0.730. The molecule has 0 bridgehead atoms. The van der Waals surface area contributed by atoms with Gasteiger partial charge in [-0.2, -0.15) is 0 Å². The van der Waals surface area contributed by atoms with Crippen LogP contribution in [0.3, 0.4) is 0 Å². The van der Waals surface area contributed by atoms with Crippen molar-refractivity contribution in [3.8, 4) is 0 Å². The van der Waals surface area contributed by atoms with Crippen molar-refractivity contribution in [2.24, 2.45) is 0 Å². The van der Waals surface area contributed by atoms with Crippen molar-refractivity contribution < 1.29 is 19.4 Å². The maximum absolute atomic E-state index is 12.3. The predicted octanol–water partition coefficient (Wildman–Crippen LogP) is 8.60. The van der Waals surface area contributed by atoms with E-state index in [2.05, 4.69) is 13.8 Å². The van der Waals surface area contributed by atoms with Gasteiger partial charge in [-0.05, 0) is 38.5 Å². The third-order valence-corrected chi connectivity index (χ3v) is 6.08. The Bertz CT molecular complexity index is 392. The van der Waals surface area contributed by atoms with Crippen molar-refractivity contribution in [3.05, 3.63) is 0 Å². The van der Waals surface area contributed by atoms with Gasteiger partial charge in [-0.25, -0.2) is 0 Å². The summed E-state index contributed by atoms with van der Waals surface area (Å²) in [5, 5.41) is 8.64. The number of hydrogen-bond donors (Lipinski definition) is 1. The molecule has 0 saturated carbocycles. The zero-order chi connectivity index (χ0) is 23.0. The molecule has 1 N–H and O–H groups in total. The number of ether oxygens (including phenoxy) is 1. The lowest BCUT2D eigenvalue weighted by Gasteiger charge is -2.18. The van der Waals surface area contributed by atoms with Crippen molar-refractivity contribution in [2.45, 2.75) is 161 Å². The molecule has 0 atom stereocenters. The Morgan fingerprint density at radius 3 is 1.42 bits per heavy atom. The van der Waals surface area contributed by atoms with Gasteiger partial charge in [0.25, 0.3) is 0 Å². The number of esters is 1. The fourth-order valence-electron chi connectivity index (χ4n) is 4.06. The number of rotatable bonds is 24. The van der Waals surface area contributed by atoms with Gasteiger partial charge in [0.05, 0.1) is 0 Å². The second kappa shape index (κ2) is 23.6. The summed E-state index contributed by atoms with van der Waals surface area (Å²) >= 11 is 0. The van der Waals surface area contributed by atoms with Gasteiger partial charge in [0.2, 0.25) is 0 Å². The lowest BCUT2D eigenvalue weighted by molar-refractivity contribution is -0.150. The number of carbonyl (C=O) groups is 2. The van der Waals surface area contributed by atoms with Gasteiger partial charge >= 0.3 is 11.9 Å². The molecule has 0 spiro atoms. The predicted molar refractivity (Wildman–Crippen MR) is 130 cm³/mol. The van der Waals surface area contributed by atoms with Crippen LogP contribution in [0.2, 0.25) is 0 Å². The van der Waals surface area contributed by atoms with Crippen LogP contribution in [0.4, 0.5) is 0 Å². The first-order valence-electron chi connectivity index (χ1n) is 13.5. The molecule has 0 rings (SSSR count). The summed E-state index contributed by atoms with van der Waals surface area (Å²) in [6.45, 7) is 4.49. The molecule has 0 radical (unpaired) electrons. The summed E-state index contributed by atoms with van der Waals surface area (Å²) in [6.07, 6.45) is 24.1. The first kappa shape index (κ1) is 29.9. The average molecular weight is 441 g/mol. The quantitative estimate of drug-likeness (QED) is 0.120. The number of aliphatic carboxylic acids is 1. The highest BCUT2D eigenvalue weighted by Crippen LogP contribution is 2.18. The summed E-state index contributed by atoms with van der Waals surface area (Å²) < 4.78 is 5.87. The molecule has 0 heterocycles. The van der Waals surface area contributed by atoms with Crippen molar-refractivity contribution in [3.63, 3.8) is 0 Å². The Labute approximate surface area is 192 Å². The van der Waals surface area contributed by atoms with Crippen molar-refractivity contribution >= 4 is 11.9 Å². The molecule has 31 heavy (non-hydrogen) atoms. The Kier molecular flexibility index (Phi) is 22.8. The molecule has 0 aromatic rings. The zero-order valence-corrected chi connectivity index (χ0v) is 20.8. The SMILES string of the molecule is CCCCCCCCC(CCCCCCCC)OC(=O)CCCCCCCCC(=O)O. The lowest BCUT2D eigenvalue weighted by atomic mass is 10.0. The molecule has 0 fully saturated rings. The second-order valence-corrected chi connectivity index (χ2v) is 9.24. The molecule has 4 nitrogen and oxygen atoms in total. The van der Waals surface area contributed by atoms with E-state index in [9.17, 15) is 9.59 Å². The molecule has 0 aromatic carbocycles. The molecular formula is C27H52O4. The van der Waals surface area contributed by atoms with Crippen LogP contribution in [0.1, 0.15) is 155 Å². The number of carboxylic acid groups (broad SMARTS) is 1. The zero-order valence-electron chi connectivity index (χ0n) is 20.8. The second-order valence-electron chi connectivity index (χ2n) is 9.24. The third kappa shape index (κ3) is 23.4. The van der Waals surface area contributed by atoms with Crippen LogP contribution in [0.15, 0.2) is 0 Å². The van der Waals surface area contributed by atoms with Crippen molar-refractivity contribution in [2.75, 3.05) is 0 Å². The molecule has 0 aliphatic heterocycles. The minimum atomic E-state index is -0.709. The van der Waals surface area contributed by atoms with E-state index in [1.807, 2.05) is 0 Å². The maximum atomic E-state index is 12.3. The van der Waals surface area contributed by atoms with Crippen LogP contribution in [-0.2, 0) is 14.3 Å². The molecular weight excluding hydrogens is 388 g/mol. The highest BCUT2D eigenvalue weighted by Gasteiger charge is 2.14. The van der Waals surface area contributed by atoms with Gasteiger partial charge in [0.1, 0.15) is 6.10 Å². The van der Waals surface area contributed by atoms with Gasteiger partial charge in [-0.1, -0.05) is 104 Å². The van der Waals surface area contributed by atoms with E-state index in [0.717, 1.165) is 51.4 Å². The fraction of sp³-hybridized carbons (Fsp3) is 0.926. The number of carbonyl (C=O) groups excluding carboxylic acids is 1. The van der Waals surface area contributed by atoms with Crippen molar-refractivity contribution in [1.82, 2.24) is 0 Å².